The molecule has 0 bridgehead atoms. The van der Waals surface area contributed by atoms with Gasteiger partial charge < -0.3 is 9.80 Å². The van der Waals surface area contributed by atoms with E-state index in [0.29, 0.717) is 53.3 Å². The molecule has 1 amide bonds. The van der Waals surface area contributed by atoms with E-state index in [1.807, 2.05) is 18.2 Å². The van der Waals surface area contributed by atoms with E-state index in [4.69, 9.17) is 11.6 Å². The SMILES string of the molecule is O=C(c1cccn2c(=O)c3ccc(Cl)cc3nc12)N1CCN(c2ccccn2)CC1. The third-order valence-electron chi connectivity index (χ3n) is 5.37. The van der Waals surface area contributed by atoms with Crippen molar-refractivity contribution >= 4 is 39.9 Å². The molecule has 1 saturated heterocycles. The highest BCUT2D eigenvalue weighted by molar-refractivity contribution is 6.31. The van der Waals surface area contributed by atoms with Gasteiger partial charge in [0.05, 0.1) is 16.5 Å². The molecule has 30 heavy (non-hydrogen) atoms. The number of benzene rings is 1. The average molecular weight is 420 g/mol. The van der Waals surface area contributed by atoms with E-state index in [1.165, 1.54) is 4.40 Å². The van der Waals surface area contributed by atoms with Gasteiger partial charge in [-0.1, -0.05) is 17.7 Å². The quantitative estimate of drug-likeness (QED) is 0.467. The second kappa shape index (κ2) is 7.42. The standard InChI is InChI=1S/C22H18ClN5O2/c23-15-6-7-16-18(14-15)25-20-17(4-3-9-28(20)22(16)30)21(29)27-12-10-26(11-13-27)19-5-1-2-8-24-19/h1-9,14H,10-13H2. The number of carbonyl (C=O) groups is 1. The number of aromatic nitrogens is 3. The summed E-state index contributed by atoms with van der Waals surface area (Å²) >= 11 is 6.08. The fourth-order valence-corrected chi connectivity index (χ4v) is 3.98. The number of piperazine rings is 1. The van der Waals surface area contributed by atoms with Crippen molar-refractivity contribution in [2.24, 2.45) is 0 Å². The lowest BCUT2D eigenvalue weighted by molar-refractivity contribution is 0.0748. The van der Waals surface area contributed by atoms with E-state index in [-0.39, 0.29) is 11.5 Å². The third kappa shape index (κ3) is 3.17. The van der Waals surface area contributed by atoms with Gasteiger partial charge >= 0.3 is 0 Å². The summed E-state index contributed by atoms with van der Waals surface area (Å²) in [5.41, 5.74) is 1.01. The number of rotatable bonds is 2. The van der Waals surface area contributed by atoms with Crippen molar-refractivity contribution in [1.82, 2.24) is 19.3 Å². The van der Waals surface area contributed by atoms with Crippen LogP contribution in [0.2, 0.25) is 5.02 Å². The van der Waals surface area contributed by atoms with Crippen molar-refractivity contribution in [2.45, 2.75) is 0 Å². The van der Waals surface area contributed by atoms with E-state index in [1.54, 1.807) is 47.6 Å². The molecule has 4 heterocycles. The van der Waals surface area contributed by atoms with E-state index in [0.717, 1.165) is 5.82 Å². The maximum atomic E-state index is 13.3. The molecule has 0 saturated carbocycles. The van der Waals surface area contributed by atoms with E-state index >= 15 is 0 Å². The lowest BCUT2D eigenvalue weighted by Gasteiger charge is -2.35. The van der Waals surface area contributed by atoms with Gasteiger partial charge in [0.15, 0.2) is 5.65 Å². The molecule has 150 valence electrons. The Kier molecular flexibility index (Phi) is 4.59. The molecule has 0 N–H and O–H groups in total. The minimum Gasteiger partial charge on any atom is -0.353 e. The van der Waals surface area contributed by atoms with Crippen LogP contribution in [0.1, 0.15) is 10.4 Å². The Labute approximate surface area is 177 Å². The second-order valence-electron chi connectivity index (χ2n) is 7.16. The number of hydrogen-bond acceptors (Lipinski definition) is 5. The van der Waals surface area contributed by atoms with Gasteiger partial charge in [-0.25, -0.2) is 9.97 Å². The molecule has 8 heteroatoms. The number of fused-ring (bicyclic) bond motifs is 2. The highest BCUT2D eigenvalue weighted by Crippen LogP contribution is 2.19. The predicted molar refractivity (Wildman–Crippen MR) is 116 cm³/mol. The highest BCUT2D eigenvalue weighted by atomic mass is 35.5. The summed E-state index contributed by atoms with van der Waals surface area (Å²) in [6.45, 7) is 2.53. The Hall–Kier alpha value is -3.45. The van der Waals surface area contributed by atoms with Gasteiger partial charge in [0, 0.05) is 43.6 Å². The first-order valence-electron chi connectivity index (χ1n) is 9.68. The van der Waals surface area contributed by atoms with Gasteiger partial charge in [-0.2, -0.15) is 0 Å². The summed E-state index contributed by atoms with van der Waals surface area (Å²) in [7, 11) is 0. The molecule has 5 rings (SSSR count). The highest BCUT2D eigenvalue weighted by Gasteiger charge is 2.25. The molecule has 0 atom stereocenters. The minimum absolute atomic E-state index is 0.137. The van der Waals surface area contributed by atoms with Crippen LogP contribution < -0.4 is 10.5 Å². The molecule has 4 aromatic rings. The Morgan fingerprint density at radius 1 is 1.00 bits per heavy atom. The second-order valence-corrected chi connectivity index (χ2v) is 7.60. The summed E-state index contributed by atoms with van der Waals surface area (Å²) in [5.74, 6) is 0.772. The monoisotopic (exact) mass is 419 g/mol. The minimum atomic E-state index is -0.221. The van der Waals surface area contributed by atoms with Crippen molar-refractivity contribution < 1.29 is 4.79 Å². The smallest absolute Gasteiger partial charge is 0.265 e. The normalized spacial score (nSPS) is 14.4. The van der Waals surface area contributed by atoms with Gasteiger partial charge in [-0.05, 0) is 42.5 Å². The van der Waals surface area contributed by atoms with Crippen LogP contribution >= 0.6 is 11.6 Å². The maximum absolute atomic E-state index is 13.3. The summed E-state index contributed by atoms with van der Waals surface area (Å²) < 4.78 is 1.42. The summed E-state index contributed by atoms with van der Waals surface area (Å²) in [6.07, 6.45) is 3.40. The van der Waals surface area contributed by atoms with Crippen LogP contribution in [0, 0.1) is 0 Å². The van der Waals surface area contributed by atoms with E-state index in [2.05, 4.69) is 14.9 Å². The molecule has 0 spiro atoms. The average Bonchev–Trinajstić information content (AvgIpc) is 2.79. The Morgan fingerprint density at radius 2 is 1.83 bits per heavy atom. The van der Waals surface area contributed by atoms with Crippen LogP contribution in [0.5, 0.6) is 0 Å². The van der Waals surface area contributed by atoms with E-state index in [9.17, 15) is 9.59 Å². The molecule has 0 aliphatic carbocycles. The number of anilines is 1. The zero-order valence-electron chi connectivity index (χ0n) is 16.0. The molecule has 1 aromatic carbocycles. The molecule has 1 aliphatic rings. The van der Waals surface area contributed by atoms with Crippen molar-refractivity contribution in [3.63, 3.8) is 0 Å². The molecule has 0 radical (unpaired) electrons. The molecular weight excluding hydrogens is 402 g/mol. The van der Waals surface area contributed by atoms with Gasteiger partial charge in [0.25, 0.3) is 11.5 Å². The van der Waals surface area contributed by atoms with Crippen LogP contribution in [0.4, 0.5) is 5.82 Å². The fraction of sp³-hybridized carbons (Fsp3) is 0.182. The van der Waals surface area contributed by atoms with Crippen LogP contribution in [-0.2, 0) is 0 Å². The zero-order valence-corrected chi connectivity index (χ0v) is 16.8. The largest absolute Gasteiger partial charge is 0.353 e. The summed E-state index contributed by atoms with van der Waals surface area (Å²) in [4.78, 5) is 39.1. The van der Waals surface area contributed by atoms with Gasteiger partial charge in [-0.3, -0.25) is 14.0 Å². The fourth-order valence-electron chi connectivity index (χ4n) is 3.82. The first-order valence-corrected chi connectivity index (χ1v) is 10.1. The lowest BCUT2D eigenvalue weighted by Crippen LogP contribution is -2.49. The van der Waals surface area contributed by atoms with Gasteiger partial charge in [-0.15, -0.1) is 0 Å². The van der Waals surface area contributed by atoms with Crippen LogP contribution in [0.25, 0.3) is 16.6 Å². The summed E-state index contributed by atoms with van der Waals surface area (Å²) in [5, 5.41) is 0.957. The summed E-state index contributed by atoms with van der Waals surface area (Å²) in [6, 6.07) is 14.2. The van der Waals surface area contributed by atoms with Crippen molar-refractivity contribution in [3.05, 3.63) is 81.9 Å². The Bertz CT molecular complexity index is 1310. The molecule has 7 nitrogen and oxygen atoms in total. The Balaban J connectivity index is 1.48. The van der Waals surface area contributed by atoms with Crippen molar-refractivity contribution in [3.8, 4) is 0 Å². The first kappa shape index (κ1) is 18.6. The first-order chi connectivity index (χ1) is 14.6. The van der Waals surface area contributed by atoms with Crippen LogP contribution in [0.15, 0.2) is 65.7 Å². The molecule has 3 aromatic heterocycles. The van der Waals surface area contributed by atoms with Crippen LogP contribution in [0.3, 0.4) is 0 Å². The number of pyridine rings is 2. The molecule has 1 fully saturated rings. The van der Waals surface area contributed by atoms with Crippen molar-refractivity contribution in [2.75, 3.05) is 31.1 Å². The van der Waals surface area contributed by atoms with Gasteiger partial charge in [0.1, 0.15) is 5.82 Å². The molecule has 0 unspecified atom stereocenters. The predicted octanol–water partition coefficient (Wildman–Crippen LogP) is 2.86. The Morgan fingerprint density at radius 3 is 2.60 bits per heavy atom. The van der Waals surface area contributed by atoms with Crippen LogP contribution in [-0.4, -0.2) is 51.4 Å². The number of nitrogens with zero attached hydrogens (tertiary/aromatic N) is 5. The maximum Gasteiger partial charge on any atom is 0.265 e. The molecular formula is C22H18ClN5O2. The lowest BCUT2D eigenvalue weighted by atomic mass is 10.2. The number of halogens is 1. The zero-order chi connectivity index (χ0) is 20.7. The molecule has 1 aliphatic heterocycles. The van der Waals surface area contributed by atoms with Gasteiger partial charge in [0.2, 0.25) is 0 Å². The van der Waals surface area contributed by atoms with E-state index < -0.39 is 0 Å². The number of amides is 1. The number of hydrogen-bond donors (Lipinski definition) is 0. The topological polar surface area (TPSA) is 70.8 Å². The van der Waals surface area contributed by atoms with Crippen molar-refractivity contribution in [1.29, 1.82) is 0 Å². The number of carbonyl (C=O) groups excluding carboxylic acids is 1. The third-order valence-corrected chi connectivity index (χ3v) is 5.61.